The van der Waals surface area contributed by atoms with Gasteiger partial charge in [0.25, 0.3) is 11.6 Å². The van der Waals surface area contributed by atoms with Crippen molar-refractivity contribution in [2.45, 2.75) is 13.5 Å². The van der Waals surface area contributed by atoms with Crippen LogP contribution in [0, 0.1) is 17.0 Å². The number of aromatic nitrogens is 1. The molecule has 1 amide bonds. The minimum absolute atomic E-state index is 0.0559. The maximum absolute atomic E-state index is 12.0. The van der Waals surface area contributed by atoms with Crippen molar-refractivity contribution >= 4 is 17.3 Å². The maximum atomic E-state index is 12.0. The van der Waals surface area contributed by atoms with Gasteiger partial charge in [0.05, 0.1) is 17.0 Å². The fraction of sp³-hybridized carbons (Fsp3) is 0.167. The second-order valence-electron chi connectivity index (χ2n) is 4.07. The number of nitrogens with zero attached hydrogens (tertiary/aromatic N) is 2. The van der Waals surface area contributed by atoms with Gasteiger partial charge in [0.15, 0.2) is 6.39 Å². The van der Waals surface area contributed by atoms with Gasteiger partial charge < -0.3 is 15.5 Å². The summed E-state index contributed by atoms with van der Waals surface area (Å²) in [5.41, 5.74) is 6.27. The number of hydrogen-bond acceptors (Lipinski definition) is 6. The number of benzene rings is 1. The molecular formula is C12H12N4O4. The van der Waals surface area contributed by atoms with Crippen LogP contribution in [0.15, 0.2) is 29.0 Å². The number of amides is 1. The highest BCUT2D eigenvalue weighted by atomic mass is 16.6. The summed E-state index contributed by atoms with van der Waals surface area (Å²) in [6.45, 7) is 1.87. The molecule has 0 unspecified atom stereocenters. The predicted octanol–water partition coefficient (Wildman–Crippen LogP) is 1.40. The minimum atomic E-state index is -0.585. The molecule has 0 aliphatic heterocycles. The van der Waals surface area contributed by atoms with E-state index in [0.717, 1.165) is 6.07 Å². The van der Waals surface area contributed by atoms with Crippen LogP contribution in [0.2, 0.25) is 0 Å². The Hall–Kier alpha value is -2.90. The van der Waals surface area contributed by atoms with E-state index in [9.17, 15) is 14.9 Å². The van der Waals surface area contributed by atoms with E-state index in [0.29, 0.717) is 11.5 Å². The van der Waals surface area contributed by atoms with E-state index in [1.807, 2.05) is 0 Å². The number of non-ortho nitro benzene ring substituents is 1. The Balaban J connectivity index is 2.15. The summed E-state index contributed by atoms with van der Waals surface area (Å²) in [6.07, 6.45) is 1.28. The molecule has 0 fully saturated rings. The second kappa shape index (κ2) is 5.39. The summed E-state index contributed by atoms with van der Waals surface area (Å²) in [4.78, 5) is 26.0. The van der Waals surface area contributed by atoms with E-state index in [4.69, 9.17) is 10.2 Å². The maximum Gasteiger partial charge on any atom is 0.270 e. The number of carbonyl (C=O) groups is 1. The SMILES string of the molecule is Cc1ocnc1CNC(=O)c1cc([N+](=O)[O-])ccc1N. The number of nitro groups is 1. The molecule has 0 aliphatic carbocycles. The van der Waals surface area contributed by atoms with Gasteiger partial charge in [-0.1, -0.05) is 0 Å². The van der Waals surface area contributed by atoms with E-state index < -0.39 is 10.8 Å². The molecule has 2 aromatic rings. The zero-order chi connectivity index (χ0) is 14.7. The van der Waals surface area contributed by atoms with Gasteiger partial charge in [-0.2, -0.15) is 0 Å². The van der Waals surface area contributed by atoms with Gasteiger partial charge in [0, 0.05) is 17.8 Å². The Labute approximate surface area is 113 Å². The molecule has 20 heavy (non-hydrogen) atoms. The topological polar surface area (TPSA) is 124 Å². The minimum Gasteiger partial charge on any atom is -0.448 e. The second-order valence-corrected chi connectivity index (χ2v) is 4.07. The Bertz CT molecular complexity index is 665. The molecule has 2 rings (SSSR count). The van der Waals surface area contributed by atoms with Crippen LogP contribution in [-0.4, -0.2) is 15.8 Å². The first kappa shape index (κ1) is 13.5. The van der Waals surface area contributed by atoms with Crippen molar-refractivity contribution in [2.75, 3.05) is 5.73 Å². The molecule has 104 valence electrons. The lowest BCUT2D eigenvalue weighted by molar-refractivity contribution is -0.384. The van der Waals surface area contributed by atoms with Crippen LogP contribution in [0.4, 0.5) is 11.4 Å². The molecule has 3 N–H and O–H groups in total. The van der Waals surface area contributed by atoms with Gasteiger partial charge in [-0.3, -0.25) is 14.9 Å². The van der Waals surface area contributed by atoms with Gasteiger partial charge in [0.2, 0.25) is 0 Å². The molecule has 8 heteroatoms. The van der Waals surface area contributed by atoms with Crippen molar-refractivity contribution in [3.8, 4) is 0 Å². The zero-order valence-electron chi connectivity index (χ0n) is 10.6. The van der Waals surface area contributed by atoms with Crippen LogP contribution in [0.5, 0.6) is 0 Å². The van der Waals surface area contributed by atoms with Crippen molar-refractivity contribution in [3.63, 3.8) is 0 Å². The van der Waals surface area contributed by atoms with Crippen molar-refractivity contribution in [1.29, 1.82) is 0 Å². The first-order valence-electron chi connectivity index (χ1n) is 5.70. The van der Waals surface area contributed by atoms with Gasteiger partial charge >= 0.3 is 0 Å². The third-order valence-corrected chi connectivity index (χ3v) is 2.75. The van der Waals surface area contributed by atoms with E-state index >= 15 is 0 Å². The Morgan fingerprint density at radius 2 is 2.30 bits per heavy atom. The van der Waals surface area contributed by atoms with E-state index in [1.54, 1.807) is 6.92 Å². The van der Waals surface area contributed by atoms with Gasteiger partial charge in [-0.05, 0) is 13.0 Å². The van der Waals surface area contributed by atoms with Crippen molar-refractivity contribution in [3.05, 3.63) is 51.7 Å². The number of nitro benzene ring substituents is 1. The van der Waals surface area contributed by atoms with Crippen LogP contribution >= 0.6 is 0 Å². The number of nitrogens with one attached hydrogen (secondary N) is 1. The standard InChI is InChI=1S/C12H12N4O4/c1-7-11(15-6-20-7)5-14-12(17)9-4-8(16(18)19)2-3-10(9)13/h2-4,6H,5,13H2,1H3,(H,14,17). The molecule has 1 aromatic carbocycles. The van der Waals surface area contributed by atoms with E-state index in [1.165, 1.54) is 18.5 Å². The molecule has 0 aliphatic rings. The summed E-state index contributed by atoms with van der Waals surface area (Å²) >= 11 is 0. The first-order chi connectivity index (χ1) is 9.49. The fourth-order valence-electron chi connectivity index (χ4n) is 1.61. The average molecular weight is 276 g/mol. The van der Waals surface area contributed by atoms with E-state index in [-0.39, 0.29) is 23.5 Å². The highest BCUT2D eigenvalue weighted by Gasteiger charge is 2.15. The molecule has 0 spiro atoms. The summed E-state index contributed by atoms with van der Waals surface area (Å²) in [5.74, 6) is 0.0888. The van der Waals surface area contributed by atoms with E-state index in [2.05, 4.69) is 10.3 Å². The lowest BCUT2D eigenvalue weighted by Gasteiger charge is -2.06. The summed E-state index contributed by atoms with van der Waals surface area (Å²) in [6, 6.07) is 3.71. The third-order valence-electron chi connectivity index (χ3n) is 2.75. The van der Waals surface area contributed by atoms with Crippen LogP contribution in [0.25, 0.3) is 0 Å². The van der Waals surface area contributed by atoms with Crippen molar-refractivity contribution in [2.24, 2.45) is 0 Å². The zero-order valence-corrected chi connectivity index (χ0v) is 10.6. The average Bonchev–Trinajstić information content (AvgIpc) is 2.81. The molecule has 0 atom stereocenters. The Morgan fingerprint density at radius 3 is 2.90 bits per heavy atom. The summed E-state index contributed by atoms with van der Waals surface area (Å²) in [5, 5.41) is 13.3. The Kier molecular flexibility index (Phi) is 3.65. The highest BCUT2D eigenvalue weighted by Crippen LogP contribution is 2.19. The highest BCUT2D eigenvalue weighted by molar-refractivity contribution is 5.99. The van der Waals surface area contributed by atoms with Crippen LogP contribution in [-0.2, 0) is 6.54 Å². The molecule has 0 radical (unpaired) electrons. The monoisotopic (exact) mass is 276 g/mol. The summed E-state index contributed by atoms with van der Waals surface area (Å²) in [7, 11) is 0. The molecule has 1 heterocycles. The lowest BCUT2D eigenvalue weighted by Crippen LogP contribution is -2.24. The normalized spacial score (nSPS) is 10.2. The molecule has 0 bridgehead atoms. The number of aryl methyl sites for hydroxylation is 1. The smallest absolute Gasteiger partial charge is 0.270 e. The molecule has 0 saturated heterocycles. The number of carbonyl (C=O) groups excluding carboxylic acids is 1. The third kappa shape index (κ3) is 2.74. The summed E-state index contributed by atoms with van der Waals surface area (Å²) < 4.78 is 5.00. The number of nitrogens with two attached hydrogens (primary N) is 1. The quantitative estimate of drug-likeness (QED) is 0.494. The number of anilines is 1. The number of nitrogen functional groups attached to an aromatic ring is 1. The molecule has 0 saturated carbocycles. The van der Waals surface area contributed by atoms with Crippen LogP contribution in [0.3, 0.4) is 0 Å². The number of oxazole rings is 1. The predicted molar refractivity (Wildman–Crippen MR) is 69.9 cm³/mol. The largest absolute Gasteiger partial charge is 0.448 e. The lowest BCUT2D eigenvalue weighted by atomic mass is 10.1. The number of hydrogen-bond donors (Lipinski definition) is 2. The fourth-order valence-corrected chi connectivity index (χ4v) is 1.61. The molecule has 1 aromatic heterocycles. The van der Waals surface area contributed by atoms with Crippen molar-refractivity contribution in [1.82, 2.24) is 10.3 Å². The molecule has 8 nitrogen and oxygen atoms in total. The number of rotatable bonds is 4. The van der Waals surface area contributed by atoms with Gasteiger partial charge in [0.1, 0.15) is 11.5 Å². The van der Waals surface area contributed by atoms with Crippen LogP contribution < -0.4 is 11.1 Å². The van der Waals surface area contributed by atoms with Crippen molar-refractivity contribution < 1.29 is 14.1 Å². The van der Waals surface area contributed by atoms with Gasteiger partial charge in [-0.25, -0.2) is 4.98 Å². The van der Waals surface area contributed by atoms with Gasteiger partial charge in [-0.15, -0.1) is 0 Å². The van der Waals surface area contributed by atoms with Crippen LogP contribution in [0.1, 0.15) is 21.8 Å². The first-order valence-corrected chi connectivity index (χ1v) is 5.70. The Morgan fingerprint density at radius 1 is 1.55 bits per heavy atom. The molecular weight excluding hydrogens is 264 g/mol.